The van der Waals surface area contributed by atoms with Crippen LogP contribution in [0.2, 0.25) is 0 Å². The molecule has 1 heterocycles. The van der Waals surface area contributed by atoms with Gasteiger partial charge in [-0.05, 0) is 36.8 Å². The fourth-order valence-corrected chi connectivity index (χ4v) is 4.65. The van der Waals surface area contributed by atoms with E-state index in [0.717, 1.165) is 11.6 Å². The summed E-state index contributed by atoms with van der Waals surface area (Å²) < 4.78 is 46.9. The Morgan fingerprint density at radius 3 is 2.68 bits per heavy atom. The Labute approximate surface area is 164 Å². The molecule has 2 aromatic carbocycles. The minimum atomic E-state index is -4.00. The average Bonchev–Trinajstić information content (AvgIpc) is 2.88. The molecule has 0 aromatic heterocycles. The van der Waals surface area contributed by atoms with Crippen molar-refractivity contribution in [3.63, 3.8) is 0 Å². The molecular formula is C20H23FN2O4S. The summed E-state index contributed by atoms with van der Waals surface area (Å²) in [6.45, 7) is 4.79. The summed E-state index contributed by atoms with van der Waals surface area (Å²) in [5.41, 5.74) is 1.57. The zero-order valence-corrected chi connectivity index (χ0v) is 16.7. The van der Waals surface area contributed by atoms with Gasteiger partial charge < -0.3 is 9.64 Å². The Morgan fingerprint density at radius 1 is 1.25 bits per heavy atom. The molecule has 1 aliphatic rings. The minimum absolute atomic E-state index is 0.0301. The van der Waals surface area contributed by atoms with Crippen LogP contribution in [-0.4, -0.2) is 43.2 Å². The third kappa shape index (κ3) is 4.18. The average molecular weight is 406 g/mol. The molecule has 1 amide bonds. The number of amides is 1. The van der Waals surface area contributed by atoms with Gasteiger partial charge in [0, 0.05) is 38.7 Å². The first-order valence-corrected chi connectivity index (χ1v) is 10.5. The van der Waals surface area contributed by atoms with Gasteiger partial charge in [-0.25, -0.2) is 12.8 Å². The summed E-state index contributed by atoms with van der Waals surface area (Å²) in [5.74, 6) is -0.208. The predicted octanol–water partition coefficient (Wildman–Crippen LogP) is 2.78. The zero-order valence-electron chi connectivity index (χ0n) is 15.9. The molecule has 0 saturated heterocycles. The molecule has 2 aromatic rings. The first-order valence-electron chi connectivity index (χ1n) is 9.07. The lowest BCUT2D eigenvalue weighted by Crippen LogP contribution is -2.33. The molecule has 0 aliphatic carbocycles. The lowest BCUT2D eigenvalue weighted by molar-refractivity contribution is -0.129. The van der Waals surface area contributed by atoms with Crippen molar-refractivity contribution in [3.8, 4) is 5.75 Å². The van der Waals surface area contributed by atoms with Gasteiger partial charge in [-0.15, -0.1) is 0 Å². The van der Waals surface area contributed by atoms with Crippen LogP contribution in [0.1, 0.15) is 25.0 Å². The molecule has 0 N–H and O–H groups in total. The fraction of sp³-hybridized carbons (Fsp3) is 0.350. The SMILES string of the molecule is CCN(Cc1ccc2c(c1)CN(S(=O)(=O)c1ccccc1F)CCO2)C(C)=O. The van der Waals surface area contributed by atoms with E-state index in [9.17, 15) is 17.6 Å². The second-order valence-electron chi connectivity index (χ2n) is 6.59. The number of carbonyl (C=O) groups excluding carboxylic acids is 1. The van der Waals surface area contributed by atoms with Crippen LogP contribution < -0.4 is 4.74 Å². The highest BCUT2D eigenvalue weighted by Crippen LogP contribution is 2.28. The first-order chi connectivity index (χ1) is 13.3. The van der Waals surface area contributed by atoms with E-state index >= 15 is 0 Å². The van der Waals surface area contributed by atoms with Crippen LogP contribution in [0.4, 0.5) is 4.39 Å². The predicted molar refractivity (Wildman–Crippen MR) is 103 cm³/mol. The highest BCUT2D eigenvalue weighted by Gasteiger charge is 2.30. The number of hydrogen-bond donors (Lipinski definition) is 0. The molecule has 0 saturated carbocycles. The van der Waals surface area contributed by atoms with E-state index < -0.39 is 15.8 Å². The van der Waals surface area contributed by atoms with Crippen LogP contribution in [0.15, 0.2) is 47.4 Å². The van der Waals surface area contributed by atoms with Crippen LogP contribution in [0.3, 0.4) is 0 Å². The second-order valence-corrected chi connectivity index (χ2v) is 8.50. The number of hydrogen-bond acceptors (Lipinski definition) is 4. The number of carbonyl (C=O) groups is 1. The molecule has 0 radical (unpaired) electrons. The Hall–Kier alpha value is -2.45. The molecule has 1 aliphatic heterocycles. The summed E-state index contributed by atoms with van der Waals surface area (Å²) >= 11 is 0. The van der Waals surface area contributed by atoms with Crippen molar-refractivity contribution in [2.75, 3.05) is 19.7 Å². The Bertz CT molecular complexity index is 978. The van der Waals surface area contributed by atoms with Gasteiger partial charge in [0.15, 0.2) is 0 Å². The third-order valence-corrected chi connectivity index (χ3v) is 6.60. The van der Waals surface area contributed by atoms with Crippen molar-refractivity contribution < 1.29 is 22.3 Å². The van der Waals surface area contributed by atoms with Gasteiger partial charge in [0.2, 0.25) is 15.9 Å². The number of benzene rings is 2. The molecule has 8 heteroatoms. The molecule has 0 bridgehead atoms. The van der Waals surface area contributed by atoms with Crippen molar-refractivity contribution in [2.24, 2.45) is 0 Å². The monoisotopic (exact) mass is 406 g/mol. The maximum Gasteiger partial charge on any atom is 0.246 e. The lowest BCUT2D eigenvalue weighted by Gasteiger charge is -2.21. The van der Waals surface area contributed by atoms with Crippen LogP contribution in [0.25, 0.3) is 0 Å². The number of nitrogens with zero attached hydrogens (tertiary/aromatic N) is 2. The molecule has 28 heavy (non-hydrogen) atoms. The number of rotatable bonds is 5. The highest BCUT2D eigenvalue weighted by molar-refractivity contribution is 7.89. The first kappa shape index (κ1) is 20.3. The number of halogens is 1. The van der Waals surface area contributed by atoms with E-state index in [1.807, 2.05) is 19.1 Å². The molecule has 0 atom stereocenters. The summed E-state index contributed by atoms with van der Waals surface area (Å²) in [4.78, 5) is 13.0. The standard InChI is InChI=1S/C20H23FN2O4S/c1-3-22(15(2)24)13-16-8-9-19-17(12-16)14-23(10-11-27-19)28(25,26)20-7-5-4-6-18(20)21/h4-9,12H,3,10-11,13-14H2,1-2H3. The normalized spacial score (nSPS) is 14.7. The van der Waals surface area contributed by atoms with Crippen molar-refractivity contribution >= 4 is 15.9 Å². The van der Waals surface area contributed by atoms with Crippen molar-refractivity contribution in [2.45, 2.75) is 31.8 Å². The molecule has 0 unspecified atom stereocenters. The fourth-order valence-electron chi connectivity index (χ4n) is 3.19. The quantitative estimate of drug-likeness (QED) is 0.766. The molecule has 0 spiro atoms. The summed E-state index contributed by atoms with van der Waals surface area (Å²) in [5, 5.41) is 0. The molecule has 3 rings (SSSR count). The van der Waals surface area contributed by atoms with E-state index in [2.05, 4.69) is 0 Å². The smallest absolute Gasteiger partial charge is 0.246 e. The topological polar surface area (TPSA) is 66.9 Å². The van der Waals surface area contributed by atoms with Gasteiger partial charge in [0.1, 0.15) is 23.1 Å². The van der Waals surface area contributed by atoms with E-state index in [1.165, 1.54) is 29.4 Å². The van der Waals surface area contributed by atoms with Gasteiger partial charge in [-0.2, -0.15) is 4.31 Å². The molecule has 6 nitrogen and oxygen atoms in total. The Morgan fingerprint density at radius 2 is 2.00 bits per heavy atom. The van der Waals surface area contributed by atoms with Gasteiger partial charge >= 0.3 is 0 Å². The maximum absolute atomic E-state index is 14.1. The maximum atomic E-state index is 14.1. The molecular weight excluding hydrogens is 383 g/mol. The van der Waals surface area contributed by atoms with Crippen molar-refractivity contribution in [3.05, 3.63) is 59.4 Å². The van der Waals surface area contributed by atoms with Gasteiger partial charge in [-0.1, -0.05) is 18.2 Å². The summed E-state index contributed by atoms with van der Waals surface area (Å²) in [7, 11) is -4.00. The van der Waals surface area contributed by atoms with E-state index in [4.69, 9.17) is 4.74 Å². The van der Waals surface area contributed by atoms with Crippen LogP contribution in [0, 0.1) is 5.82 Å². The molecule has 0 fully saturated rings. The third-order valence-electron chi connectivity index (χ3n) is 4.72. The molecule has 150 valence electrons. The van der Waals surface area contributed by atoms with E-state index in [-0.39, 0.29) is 30.5 Å². The highest BCUT2D eigenvalue weighted by atomic mass is 32.2. The van der Waals surface area contributed by atoms with Crippen LogP contribution in [0.5, 0.6) is 5.75 Å². The number of ether oxygens (including phenoxy) is 1. The summed E-state index contributed by atoms with van der Waals surface area (Å²) in [6.07, 6.45) is 0. The Balaban J connectivity index is 1.90. The van der Waals surface area contributed by atoms with Crippen molar-refractivity contribution in [1.29, 1.82) is 0 Å². The van der Waals surface area contributed by atoms with E-state index in [0.29, 0.717) is 24.4 Å². The number of fused-ring (bicyclic) bond motifs is 1. The largest absolute Gasteiger partial charge is 0.492 e. The lowest BCUT2D eigenvalue weighted by atomic mass is 10.1. The van der Waals surface area contributed by atoms with Crippen LogP contribution in [-0.2, 0) is 27.9 Å². The van der Waals surface area contributed by atoms with Crippen molar-refractivity contribution in [1.82, 2.24) is 9.21 Å². The van der Waals surface area contributed by atoms with E-state index in [1.54, 1.807) is 11.0 Å². The second kappa shape index (κ2) is 8.28. The Kier molecular flexibility index (Phi) is 6.00. The van der Waals surface area contributed by atoms with Gasteiger partial charge in [0.05, 0.1) is 0 Å². The van der Waals surface area contributed by atoms with Gasteiger partial charge in [-0.3, -0.25) is 4.79 Å². The number of sulfonamides is 1. The summed E-state index contributed by atoms with van der Waals surface area (Å²) in [6, 6.07) is 10.8. The minimum Gasteiger partial charge on any atom is -0.492 e. The van der Waals surface area contributed by atoms with Crippen LogP contribution >= 0.6 is 0 Å². The zero-order chi connectivity index (χ0) is 20.3. The van der Waals surface area contributed by atoms with Gasteiger partial charge in [0.25, 0.3) is 0 Å².